The highest BCUT2D eigenvalue weighted by molar-refractivity contribution is 7.90. The van der Waals surface area contributed by atoms with Gasteiger partial charge in [-0.25, -0.2) is 18.1 Å². The van der Waals surface area contributed by atoms with Crippen LogP contribution in [0.5, 0.6) is 5.75 Å². The first-order chi connectivity index (χ1) is 18.8. The molecule has 8 nitrogen and oxygen atoms in total. The number of nitrogens with zero attached hydrogens (tertiary/aromatic N) is 3. The fourth-order valence-electron chi connectivity index (χ4n) is 6.01. The van der Waals surface area contributed by atoms with E-state index in [4.69, 9.17) is 27.9 Å². The van der Waals surface area contributed by atoms with E-state index in [-0.39, 0.29) is 16.9 Å². The first-order valence-corrected chi connectivity index (χ1v) is 16.2. The molecule has 11 heteroatoms. The molecule has 1 aromatic heterocycles. The Labute approximate surface area is 241 Å². The van der Waals surface area contributed by atoms with E-state index in [1.165, 1.54) is 6.07 Å². The van der Waals surface area contributed by atoms with E-state index in [0.717, 1.165) is 76.9 Å². The van der Waals surface area contributed by atoms with Crippen molar-refractivity contribution in [3.63, 3.8) is 0 Å². The molecule has 0 spiro atoms. The van der Waals surface area contributed by atoms with Crippen molar-refractivity contribution in [1.82, 2.24) is 14.6 Å². The van der Waals surface area contributed by atoms with Crippen molar-refractivity contribution in [3.8, 4) is 5.75 Å². The molecule has 3 fully saturated rings. The van der Waals surface area contributed by atoms with Crippen LogP contribution in [0.2, 0.25) is 10.0 Å². The normalized spacial score (nSPS) is 23.4. The molecular weight excluding hydrogens is 559 g/mol. The molecule has 2 aliphatic heterocycles. The van der Waals surface area contributed by atoms with Gasteiger partial charge in [0.2, 0.25) is 5.91 Å². The first kappa shape index (κ1) is 28.5. The zero-order chi connectivity index (χ0) is 27.4. The lowest BCUT2D eigenvalue weighted by Gasteiger charge is -2.40. The summed E-state index contributed by atoms with van der Waals surface area (Å²) in [6, 6.07) is 8.90. The number of anilines is 1. The van der Waals surface area contributed by atoms with Crippen LogP contribution >= 0.6 is 23.2 Å². The maximum atomic E-state index is 13.2. The number of ether oxygens (including phenoxy) is 1. The average molecular weight is 596 g/mol. The van der Waals surface area contributed by atoms with Crippen molar-refractivity contribution in [2.24, 2.45) is 5.92 Å². The Hall–Kier alpha value is -2.07. The molecule has 1 N–H and O–H groups in total. The summed E-state index contributed by atoms with van der Waals surface area (Å²) in [5, 5.41) is 1.00. The number of piperidine rings is 2. The summed E-state index contributed by atoms with van der Waals surface area (Å²) in [7, 11) is -4.00. The zero-order valence-electron chi connectivity index (χ0n) is 22.0. The van der Waals surface area contributed by atoms with E-state index >= 15 is 0 Å². The maximum absolute atomic E-state index is 13.2. The van der Waals surface area contributed by atoms with Gasteiger partial charge in [0.1, 0.15) is 22.6 Å². The second-order valence-electron chi connectivity index (χ2n) is 10.8. The van der Waals surface area contributed by atoms with Gasteiger partial charge in [0.05, 0.1) is 10.0 Å². The topological polar surface area (TPSA) is 91.8 Å². The van der Waals surface area contributed by atoms with Crippen molar-refractivity contribution in [1.29, 1.82) is 0 Å². The molecule has 1 amide bonds. The van der Waals surface area contributed by atoms with Gasteiger partial charge in [0, 0.05) is 50.4 Å². The summed E-state index contributed by atoms with van der Waals surface area (Å²) >= 11 is 12.1. The fourth-order valence-corrected chi connectivity index (χ4v) is 7.52. The van der Waals surface area contributed by atoms with Crippen molar-refractivity contribution in [3.05, 3.63) is 46.6 Å². The lowest BCUT2D eigenvalue weighted by molar-refractivity contribution is -0.124. The molecule has 0 atom stereocenters. The Kier molecular flexibility index (Phi) is 9.21. The number of likely N-dealkylation sites (tertiary alicyclic amines) is 1. The third-order valence-electron chi connectivity index (χ3n) is 8.19. The van der Waals surface area contributed by atoms with Gasteiger partial charge in [-0.1, -0.05) is 23.2 Å². The number of nitrogens with one attached hydrogen (secondary N) is 1. The molecular formula is C28H36Cl2N4O4S. The van der Waals surface area contributed by atoms with Crippen LogP contribution in [0.1, 0.15) is 57.8 Å². The predicted molar refractivity (Wildman–Crippen MR) is 153 cm³/mol. The van der Waals surface area contributed by atoms with Gasteiger partial charge in [-0.15, -0.1) is 0 Å². The van der Waals surface area contributed by atoms with Crippen molar-refractivity contribution in [2.45, 2.75) is 74.8 Å². The number of sulfonamides is 1. The first-order valence-electron chi connectivity index (χ1n) is 13.9. The average Bonchev–Trinajstić information content (AvgIpc) is 2.96. The minimum absolute atomic E-state index is 0.0832. The lowest BCUT2D eigenvalue weighted by Crippen LogP contribution is -2.47. The summed E-state index contributed by atoms with van der Waals surface area (Å²) in [5.74, 6) is 0.462. The van der Waals surface area contributed by atoms with Crippen molar-refractivity contribution < 1.29 is 17.9 Å². The minimum Gasteiger partial charge on any atom is -0.490 e. The van der Waals surface area contributed by atoms with Crippen LogP contribution in [-0.4, -0.2) is 62.5 Å². The number of hydrogen-bond donors (Lipinski definition) is 1. The highest BCUT2D eigenvalue weighted by Gasteiger charge is 2.34. The number of carbonyl (C=O) groups is 1. The summed E-state index contributed by atoms with van der Waals surface area (Å²) in [6.45, 7) is 3.41. The van der Waals surface area contributed by atoms with Gasteiger partial charge in [-0.05, 0) is 82.1 Å². The Bertz CT molecular complexity index is 1260. The number of aromatic nitrogens is 1. The molecule has 1 aromatic carbocycles. The Balaban J connectivity index is 1.10. The van der Waals surface area contributed by atoms with Crippen molar-refractivity contribution >= 4 is 45.0 Å². The number of amides is 1. The zero-order valence-corrected chi connectivity index (χ0v) is 24.4. The molecule has 1 saturated carbocycles. The van der Waals surface area contributed by atoms with Crippen molar-refractivity contribution in [2.75, 3.05) is 31.1 Å². The van der Waals surface area contributed by atoms with Crippen LogP contribution in [0.4, 0.5) is 5.82 Å². The number of pyridine rings is 1. The standard InChI is InChI=1S/C28H36Cl2N4O4S/c29-24-11-10-23(19-25(24)30)38-22-12-17-33(18-13-22)21-8-6-20(7-9-21)28(35)32-39(36,37)26-5-4-14-31-27(26)34-15-2-1-3-16-34/h4-5,10-11,14,19-22H,1-3,6-9,12-13,15-18H2,(H,32,35). The van der Waals surface area contributed by atoms with Crippen LogP contribution < -0.4 is 14.4 Å². The second kappa shape index (κ2) is 12.6. The Morgan fingerprint density at radius 2 is 1.64 bits per heavy atom. The van der Waals surface area contributed by atoms with Gasteiger partial charge in [0.25, 0.3) is 10.0 Å². The van der Waals surface area contributed by atoms with Gasteiger partial charge < -0.3 is 14.5 Å². The van der Waals surface area contributed by atoms with Crippen LogP contribution in [0.3, 0.4) is 0 Å². The molecule has 1 aliphatic carbocycles. The quantitative estimate of drug-likeness (QED) is 0.466. The Morgan fingerprint density at radius 1 is 0.923 bits per heavy atom. The van der Waals surface area contributed by atoms with Gasteiger partial charge in [0.15, 0.2) is 0 Å². The third-order valence-corrected chi connectivity index (χ3v) is 10.3. The molecule has 39 heavy (non-hydrogen) atoms. The van der Waals surface area contributed by atoms with Crippen LogP contribution in [-0.2, 0) is 14.8 Å². The minimum atomic E-state index is -4.00. The van der Waals surface area contributed by atoms with Gasteiger partial charge in [-0.3, -0.25) is 4.79 Å². The largest absolute Gasteiger partial charge is 0.490 e. The van der Waals surface area contributed by atoms with Crippen LogP contribution in [0, 0.1) is 5.92 Å². The Morgan fingerprint density at radius 3 is 2.33 bits per heavy atom. The third kappa shape index (κ3) is 6.99. The second-order valence-corrected chi connectivity index (χ2v) is 13.2. The molecule has 3 heterocycles. The highest BCUT2D eigenvalue weighted by Crippen LogP contribution is 2.32. The maximum Gasteiger partial charge on any atom is 0.267 e. The van der Waals surface area contributed by atoms with E-state index in [1.54, 1.807) is 24.4 Å². The molecule has 3 aliphatic rings. The predicted octanol–water partition coefficient (Wildman–Crippen LogP) is 5.29. The SMILES string of the molecule is O=C(NS(=O)(=O)c1cccnc1N1CCCCC1)C1CCC(N2CCC(Oc3ccc(Cl)c(Cl)c3)CC2)CC1. The number of rotatable bonds is 7. The summed E-state index contributed by atoms with van der Waals surface area (Å²) in [4.78, 5) is 22.0. The fraction of sp³-hybridized carbons (Fsp3) is 0.571. The lowest BCUT2D eigenvalue weighted by atomic mass is 9.84. The molecule has 0 unspecified atom stereocenters. The number of halogens is 2. The van der Waals surface area contributed by atoms with E-state index in [0.29, 0.717) is 34.7 Å². The van der Waals surface area contributed by atoms with Gasteiger partial charge in [-0.2, -0.15) is 0 Å². The smallest absolute Gasteiger partial charge is 0.267 e. The molecule has 2 aromatic rings. The van der Waals surface area contributed by atoms with Gasteiger partial charge >= 0.3 is 0 Å². The number of carbonyl (C=O) groups excluding carboxylic acids is 1. The summed E-state index contributed by atoms with van der Waals surface area (Å²) < 4.78 is 34.9. The van der Waals surface area contributed by atoms with E-state index in [2.05, 4.69) is 14.6 Å². The molecule has 2 saturated heterocycles. The molecule has 0 radical (unpaired) electrons. The molecule has 212 valence electrons. The number of hydrogen-bond acceptors (Lipinski definition) is 7. The molecule has 0 bridgehead atoms. The summed E-state index contributed by atoms with van der Waals surface area (Å²) in [5.41, 5.74) is 0. The van der Waals surface area contributed by atoms with Crippen LogP contribution in [0.15, 0.2) is 41.4 Å². The van der Waals surface area contributed by atoms with E-state index < -0.39 is 15.9 Å². The summed E-state index contributed by atoms with van der Waals surface area (Å²) in [6.07, 6.45) is 9.84. The van der Waals surface area contributed by atoms with E-state index in [9.17, 15) is 13.2 Å². The highest BCUT2D eigenvalue weighted by atomic mass is 35.5. The number of benzene rings is 1. The van der Waals surface area contributed by atoms with E-state index in [1.807, 2.05) is 11.0 Å². The molecule has 5 rings (SSSR count). The van der Waals surface area contributed by atoms with Crippen LogP contribution in [0.25, 0.3) is 0 Å². The monoisotopic (exact) mass is 594 g/mol.